The fourth-order valence-corrected chi connectivity index (χ4v) is 2.76. The molecule has 0 aromatic heterocycles. The fraction of sp³-hybridized carbons (Fsp3) is 0.562. The quantitative estimate of drug-likeness (QED) is 0.889. The van der Waals surface area contributed by atoms with Gasteiger partial charge in [0.1, 0.15) is 5.75 Å². The second kappa shape index (κ2) is 6.80. The second-order valence-electron chi connectivity index (χ2n) is 5.55. The number of hydrogen-bond donors (Lipinski definition) is 2. The maximum Gasteiger partial charge on any atom is 0.262 e. The molecule has 114 valence electrons. The molecule has 2 aliphatic rings. The third kappa shape index (κ3) is 3.67. The van der Waals surface area contributed by atoms with Gasteiger partial charge in [0.05, 0.1) is 18.3 Å². The summed E-state index contributed by atoms with van der Waals surface area (Å²) in [4.78, 5) is 12.1. The summed E-state index contributed by atoms with van der Waals surface area (Å²) in [6, 6.07) is 7.67. The molecule has 2 heterocycles. The molecule has 2 unspecified atom stereocenters. The Hall–Kier alpha value is -1.75. The molecule has 0 aliphatic carbocycles. The lowest BCUT2D eigenvalue weighted by Gasteiger charge is -2.27. The summed E-state index contributed by atoms with van der Waals surface area (Å²) in [7, 11) is 0. The topological polar surface area (TPSA) is 59.6 Å². The summed E-state index contributed by atoms with van der Waals surface area (Å²) in [5.74, 6) is 0.673. The van der Waals surface area contributed by atoms with E-state index in [1.165, 1.54) is 6.42 Å². The number of ether oxygens (including phenoxy) is 2. The van der Waals surface area contributed by atoms with Crippen molar-refractivity contribution in [1.82, 2.24) is 5.32 Å². The van der Waals surface area contributed by atoms with Gasteiger partial charge < -0.3 is 20.1 Å². The lowest BCUT2D eigenvalue weighted by molar-refractivity contribution is -0.127. The average molecular weight is 290 g/mol. The molecule has 1 fully saturated rings. The van der Waals surface area contributed by atoms with Gasteiger partial charge in [0.2, 0.25) is 0 Å². The van der Waals surface area contributed by atoms with Gasteiger partial charge in [-0.15, -0.1) is 0 Å². The fourth-order valence-electron chi connectivity index (χ4n) is 2.76. The van der Waals surface area contributed by atoms with Crippen LogP contribution in [0.1, 0.15) is 25.7 Å². The van der Waals surface area contributed by atoms with Crippen LogP contribution in [0, 0.1) is 0 Å². The minimum absolute atomic E-state index is 0.0622. The Kier molecular flexibility index (Phi) is 4.60. The largest absolute Gasteiger partial charge is 0.477 e. The number of fused-ring (bicyclic) bond motifs is 1. The van der Waals surface area contributed by atoms with Crippen LogP contribution in [0.2, 0.25) is 0 Å². The van der Waals surface area contributed by atoms with Crippen molar-refractivity contribution in [3.63, 3.8) is 0 Å². The number of amides is 1. The van der Waals surface area contributed by atoms with Gasteiger partial charge in [0.25, 0.3) is 5.91 Å². The number of anilines is 1. The van der Waals surface area contributed by atoms with Crippen molar-refractivity contribution in [3.05, 3.63) is 24.3 Å². The number of hydrogen-bond acceptors (Lipinski definition) is 4. The van der Waals surface area contributed by atoms with Crippen LogP contribution in [0.5, 0.6) is 5.75 Å². The summed E-state index contributed by atoms with van der Waals surface area (Å²) >= 11 is 0. The summed E-state index contributed by atoms with van der Waals surface area (Å²) in [6.07, 6.45) is 4.19. The normalized spacial score (nSPS) is 24.4. The van der Waals surface area contributed by atoms with E-state index in [9.17, 15) is 4.79 Å². The van der Waals surface area contributed by atoms with Gasteiger partial charge >= 0.3 is 0 Å². The molecule has 0 bridgehead atoms. The molecule has 2 aliphatic heterocycles. The van der Waals surface area contributed by atoms with Crippen molar-refractivity contribution in [2.45, 2.75) is 37.9 Å². The van der Waals surface area contributed by atoms with E-state index in [2.05, 4.69) is 10.6 Å². The highest BCUT2D eigenvalue weighted by Gasteiger charge is 2.25. The van der Waals surface area contributed by atoms with E-state index in [0.29, 0.717) is 19.2 Å². The van der Waals surface area contributed by atoms with Crippen molar-refractivity contribution in [2.75, 3.05) is 25.0 Å². The first-order valence-corrected chi connectivity index (χ1v) is 7.72. The van der Waals surface area contributed by atoms with Crippen LogP contribution < -0.4 is 15.4 Å². The van der Waals surface area contributed by atoms with E-state index in [1.807, 2.05) is 24.3 Å². The third-order valence-corrected chi connectivity index (χ3v) is 3.97. The summed E-state index contributed by atoms with van der Waals surface area (Å²) in [5, 5.41) is 6.17. The lowest BCUT2D eigenvalue weighted by atomic mass is 10.1. The van der Waals surface area contributed by atoms with Crippen molar-refractivity contribution in [1.29, 1.82) is 0 Å². The predicted octanol–water partition coefficient (Wildman–Crippen LogP) is 1.93. The molecule has 0 radical (unpaired) electrons. The highest BCUT2D eigenvalue weighted by Crippen LogP contribution is 2.28. The Morgan fingerprint density at radius 1 is 1.33 bits per heavy atom. The molecule has 5 heteroatoms. The van der Waals surface area contributed by atoms with Crippen LogP contribution in [0.15, 0.2) is 24.3 Å². The molecule has 1 saturated heterocycles. The van der Waals surface area contributed by atoms with Gasteiger partial charge in [-0.25, -0.2) is 0 Å². The zero-order valence-electron chi connectivity index (χ0n) is 12.1. The van der Waals surface area contributed by atoms with E-state index >= 15 is 0 Å². The number of carbonyl (C=O) groups is 1. The Balaban J connectivity index is 1.44. The Labute approximate surface area is 125 Å². The van der Waals surface area contributed by atoms with Gasteiger partial charge in [0.15, 0.2) is 6.10 Å². The van der Waals surface area contributed by atoms with Crippen LogP contribution in [-0.4, -0.2) is 37.8 Å². The van der Waals surface area contributed by atoms with E-state index in [-0.39, 0.29) is 5.91 Å². The zero-order valence-corrected chi connectivity index (χ0v) is 12.1. The molecular formula is C16H22N2O3. The first kappa shape index (κ1) is 14.2. The molecule has 1 aromatic rings. The maximum absolute atomic E-state index is 12.1. The molecule has 1 amide bonds. The molecule has 0 saturated carbocycles. The molecule has 2 atom stereocenters. The number of nitrogens with one attached hydrogen (secondary N) is 2. The Bertz CT molecular complexity index is 486. The monoisotopic (exact) mass is 290 g/mol. The van der Waals surface area contributed by atoms with Crippen LogP contribution in [-0.2, 0) is 9.53 Å². The Morgan fingerprint density at radius 2 is 2.24 bits per heavy atom. The summed E-state index contributed by atoms with van der Waals surface area (Å²) < 4.78 is 11.4. The van der Waals surface area contributed by atoms with Crippen molar-refractivity contribution >= 4 is 11.6 Å². The van der Waals surface area contributed by atoms with Gasteiger partial charge in [0, 0.05) is 13.2 Å². The van der Waals surface area contributed by atoms with E-state index in [4.69, 9.17) is 9.47 Å². The standard InChI is InChI=1S/C16H22N2O3/c19-16(17-9-8-12-5-3-4-10-20-12)15-11-18-13-6-1-2-7-14(13)21-15/h1-2,6-7,12,15,18H,3-5,8-11H2,(H,17,19). The van der Waals surface area contributed by atoms with Gasteiger partial charge in [-0.1, -0.05) is 12.1 Å². The molecule has 2 N–H and O–H groups in total. The van der Waals surface area contributed by atoms with Crippen LogP contribution in [0.25, 0.3) is 0 Å². The molecule has 0 spiro atoms. The molecule has 5 nitrogen and oxygen atoms in total. The number of rotatable bonds is 4. The van der Waals surface area contributed by atoms with Crippen molar-refractivity contribution in [2.24, 2.45) is 0 Å². The SMILES string of the molecule is O=C(NCCC1CCCCO1)C1CNc2ccccc2O1. The highest BCUT2D eigenvalue weighted by molar-refractivity contribution is 5.83. The molecule has 1 aromatic carbocycles. The first-order valence-electron chi connectivity index (χ1n) is 7.72. The van der Waals surface area contributed by atoms with Crippen LogP contribution in [0.4, 0.5) is 5.69 Å². The number of para-hydroxylation sites is 2. The summed E-state index contributed by atoms with van der Waals surface area (Å²) in [5.41, 5.74) is 0.942. The first-order chi connectivity index (χ1) is 10.3. The molecular weight excluding hydrogens is 268 g/mol. The predicted molar refractivity (Wildman–Crippen MR) is 80.6 cm³/mol. The van der Waals surface area contributed by atoms with E-state index < -0.39 is 6.10 Å². The third-order valence-electron chi connectivity index (χ3n) is 3.97. The zero-order chi connectivity index (χ0) is 14.5. The number of benzene rings is 1. The highest BCUT2D eigenvalue weighted by atomic mass is 16.5. The Morgan fingerprint density at radius 3 is 3.10 bits per heavy atom. The lowest BCUT2D eigenvalue weighted by Crippen LogP contribution is -2.45. The van der Waals surface area contributed by atoms with Gasteiger partial charge in [-0.3, -0.25) is 4.79 Å². The second-order valence-corrected chi connectivity index (χ2v) is 5.55. The smallest absolute Gasteiger partial charge is 0.262 e. The maximum atomic E-state index is 12.1. The molecule has 3 rings (SSSR count). The van der Waals surface area contributed by atoms with Crippen molar-refractivity contribution < 1.29 is 14.3 Å². The molecule has 21 heavy (non-hydrogen) atoms. The summed E-state index contributed by atoms with van der Waals surface area (Å²) in [6.45, 7) is 2.00. The van der Waals surface area contributed by atoms with Crippen LogP contribution in [0.3, 0.4) is 0 Å². The van der Waals surface area contributed by atoms with Crippen molar-refractivity contribution in [3.8, 4) is 5.75 Å². The van der Waals surface area contributed by atoms with Gasteiger partial charge in [-0.05, 0) is 37.8 Å². The number of carbonyl (C=O) groups excluding carboxylic acids is 1. The van der Waals surface area contributed by atoms with Crippen LogP contribution >= 0.6 is 0 Å². The van der Waals surface area contributed by atoms with E-state index in [0.717, 1.165) is 37.3 Å². The average Bonchev–Trinajstić information content (AvgIpc) is 2.55. The minimum atomic E-state index is -0.466. The van der Waals surface area contributed by atoms with Gasteiger partial charge in [-0.2, -0.15) is 0 Å². The van der Waals surface area contributed by atoms with E-state index in [1.54, 1.807) is 0 Å². The minimum Gasteiger partial charge on any atom is -0.477 e.